The number of hydrogen-bond acceptors (Lipinski definition) is 5. The molecule has 2 aromatic rings. The van der Waals surface area contributed by atoms with Gasteiger partial charge in [0.15, 0.2) is 5.65 Å². The maximum atomic E-state index is 5.59. The monoisotopic (exact) mass is 289 g/mol. The van der Waals surface area contributed by atoms with Crippen molar-refractivity contribution in [2.45, 2.75) is 38.8 Å². The Morgan fingerprint density at radius 2 is 2.14 bits per heavy atom. The van der Waals surface area contributed by atoms with Crippen LogP contribution in [0.2, 0.25) is 0 Å². The molecule has 0 N–H and O–H groups in total. The van der Waals surface area contributed by atoms with E-state index < -0.39 is 0 Å². The minimum Gasteiger partial charge on any atom is -0.381 e. The minimum atomic E-state index is 0.347. The van der Waals surface area contributed by atoms with Crippen molar-refractivity contribution in [3.05, 3.63) is 12.0 Å². The van der Waals surface area contributed by atoms with Crippen molar-refractivity contribution < 1.29 is 4.74 Å². The molecular formula is C15H23N5O. The van der Waals surface area contributed by atoms with Gasteiger partial charge >= 0.3 is 0 Å². The molecule has 6 heteroatoms. The van der Waals surface area contributed by atoms with Crippen LogP contribution in [0.1, 0.15) is 25.0 Å². The molecule has 0 radical (unpaired) electrons. The number of anilines is 1. The van der Waals surface area contributed by atoms with Crippen LogP contribution in [0.3, 0.4) is 0 Å². The summed E-state index contributed by atoms with van der Waals surface area (Å²) in [7, 11) is 5.80. The third-order valence-corrected chi connectivity index (χ3v) is 4.41. The van der Waals surface area contributed by atoms with E-state index in [2.05, 4.69) is 9.97 Å². The number of fused-ring (bicyclic) bond motifs is 1. The lowest BCUT2D eigenvalue weighted by Crippen LogP contribution is -2.22. The highest BCUT2D eigenvalue weighted by atomic mass is 16.5. The van der Waals surface area contributed by atoms with E-state index in [1.807, 2.05) is 37.7 Å². The summed E-state index contributed by atoms with van der Waals surface area (Å²) in [4.78, 5) is 10.9. The Morgan fingerprint density at radius 3 is 2.86 bits per heavy atom. The van der Waals surface area contributed by atoms with Crippen LogP contribution in [-0.2, 0) is 11.3 Å². The molecule has 2 heterocycles. The van der Waals surface area contributed by atoms with Gasteiger partial charge in [0.05, 0.1) is 17.2 Å². The topological polar surface area (TPSA) is 56.1 Å². The molecule has 1 saturated carbocycles. The number of rotatable bonds is 4. The van der Waals surface area contributed by atoms with Gasteiger partial charge in [-0.2, -0.15) is 5.10 Å². The van der Waals surface area contributed by atoms with E-state index in [0.717, 1.165) is 35.5 Å². The average molecular weight is 289 g/mol. The first-order valence-electron chi connectivity index (χ1n) is 7.50. The van der Waals surface area contributed by atoms with Crippen LogP contribution >= 0.6 is 0 Å². The van der Waals surface area contributed by atoms with Gasteiger partial charge < -0.3 is 9.64 Å². The summed E-state index contributed by atoms with van der Waals surface area (Å²) in [5, 5.41) is 5.75. The van der Waals surface area contributed by atoms with Gasteiger partial charge in [0.25, 0.3) is 0 Å². The van der Waals surface area contributed by atoms with Gasteiger partial charge in [0.1, 0.15) is 12.1 Å². The summed E-state index contributed by atoms with van der Waals surface area (Å²) >= 11 is 0. The molecule has 2 unspecified atom stereocenters. The molecule has 0 amide bonds. The van der Waals surface area contributed by atoms with Gasteiger partial charge in [-0.3, -0.25) is 0 Å². The Labute approximate surface area is 125 Å². The molecule has 3 rings (SSSR count). The molecule has 0 bridgehead atoms. The highest BCUT2D eigenvalue weighted by Gasteiger charge is 2.28. The predicted molar refractivity (Wildman–Crippen MR) is 82.5 cm³/mol. The molecule has 1 aliphatic carbocycles. The zero-order valence-electron chi connectivity index (χ0n) is 13.2. The summed E-state index contributed by atoms with van der Waals surface area (Å²) < 4.78 is 7.62. The molecular weight excluding hydrogens is 266 g/mol. The largest absolute Gasteiger partial charge is 0.381 e. The number of ether oxygens (including phenoxy) is 1. The minimum absolute atomic E-state index is 0.347. The SMILES string of the molecule is COC1CCCC1Cn1nc(C)c2c(N(C)C)ncnc21. The summed E-state index contributed by atoms with van der Waals surface area (Å²) in [6, 6.07) is 0. The van der Waals surface area contributed by atoms with Crippen LogP contribution in [-0.4, -0.2) is 47.1 Å². The lowest BCUT2D eigenvalue weighted by molar-refractivity contribution is 0.0639. The lowest BCUT2D eigenvalue weighted by atomic mass is 10.1. The number of aromatic nitrogens is 4. The van der Waals surface area contributed by atoms with Gasteiger partial charge in [-0.1, -0.05) is 6.42 Å². The number of nitrogens with zero attached hydrogens (tertiary/aromatic N) is 5. The first-order valence-corrected chi connectivity index (χ1v) is 7.50. The zero-order valence-corrected chi connectivity index (χ0v) is 13.2. The van der Waals surface area contributed by atoms with Crippen molar-refractivity contribution in [1.29, 1.82) is 0 Å². The second kappa shape index (κ2) is 5.60. The fourth-order valence-electron chi connectivity index (χ4n) is 3.38. The maximum absolute atomic E-state index is 5.59. The molecule has 114 valence electrons. The van der Waals surface area contributed by atoms with Gasteiger partial charge in [-0.25, -0.2) is 14.6 Å². The van der Waals surface area contributed by atoms with Gasteiger partial charge in [0.2, 0.25) is 0 Å². The second-order valence-electron chi connectivity index (χ2n) is 6.02. The quantitative estimate of drug-likeness (QED) is 0.862. The first-order chi connectivity index (χ1) is 10.1. The zero-order chi connectivity index (χ0) is 15.0. The van der Waals surface area contributed by atoms with E-state index in [-0.39, 0.29) is 0 Å². The predicted octanol–water partition coefficient (Wildman–Crippen LogP) is 2.02. The van der Waals surface area contributed by atoms with E-state index in [1.54, 1.807) is 6.33 Å². The van der Waals surface area contributed by atoms with Crippen LogP contribution in [0.5, 0.6) is 0 Å². The van der Waals surface area contributed by atoms with E-state index >= 15 is 0 Å². The van der Waals surface area contributed by atoms with E-state index in [4.69, 9.17) is 9.84 Å². The Kier molecular flexibility index (Phi) is 3.80. The Morgan fingerprint density at radius 1 is 1.33 bits per heavy atom. The lowest BCUT2D eigenvalue weighted by Gasteiger charge is -2.18. The van der Waals surface area contributed by atoms with Crippen molar-refractivity contribution in [3.8, 4) is 0 Å². The van der Waals surface area contributed by atoms with Crippen molar-refractivity contribution >= 4 is 16.9 Å². The summed E-state index contributed by atoms with van der Waals surface area (Å²) in [5.74, 6) is 1.45. The summed E-state index contributed by atoms with van der Waals surface area (Å²) in [6.07, 6.45) is 5.55. The molecule has 21 heavy (non-hydrogen) atoms. The van der Waals surface area contributed by atoms with Crippen LogP contribution in [0.4, 0.5) is 5.82 Å². The van der Waals surface area contributed by atoms with Crippen molar-refractivity contribution in [3.63, 3.8) is 0 Å². The molecule has 0 aromatic carbocycles. The molecule has 2 atom stereocenters. The van der Waals surface area contributed by atoms with Crippen LogP contribution < -0.4 is 4.90 Å². The smallest absolute Gasteiger partial charge is 0.163 e. The molecule has 1 fully saturated rings. The van der Waals surface area contributed by atoms with Crippen molar-refractivity contribution in [2.75, 3.05) is 26.1 Å². The van der Waals surface area contributed by atoms with E-state index in [9.17, 15) is 0 Å². The number of methoxy groups -OCH3 is 1. The fourth-order valence-corrected chi connectivity index (χ4v) is 3.38. The molecule has 1 aliphatic rings. The van der Waals surface area contributed by atoms with Gasteiger partial charge in [0, 0.05) is 33.7 Å². The highest BCUT2D eigenvalue weighted by molar-refractivity contribution is 5.89. The number of aryl methyl sites for hydroxylation is 1. The van der Waals surface area contributed by atoms with Crippen LogP contribution in [0.25, 0.3) is 11.0 Å². The van der Waals surface area contributed by atoms with Crippen molar-refractivity contribution in [1.82, 2.24) is 19.7 Å². The third kappa shape index (κ3) is 2.48. The van der Waals surface area contributed by atoms with Gasteiger partial charge in [-0.15, -0.1) is 0 Å². The van der Waals surface area contributed by atoms with E-state index in [0.29, 0.717) is 12.0 Å². The normalized spacial score (nSPS) is 22.1. The summed E-state index contributed by atoms with van der Waals surface area (Å²) in [5.41, 5.74) is 1.91. The summed E-state index contributed by atoms with van der Waals surface area (Å²) in [6.45, 7) is 2.89. The molecule has 2 aromatic heterocycles. The second-order valence-corrected chi connectivity index (χ2v) is 6.02. The molecule has 6 nitrogen and oxygen atoms in total. The average Bonchev–Trinajstić information content (AvgIpc) is 3.04. The molecule has 0 spiro atoms. The van der Waals surface area contributed by atoms with E-state index in [1.165, 1.54) is 12.8 Å². The standard InChI is InChI=1S/C15H23N5O/c1-10-13-14(19(2)3)16-9-17-15(13)20(18-10)8-11-6-5-7-12(11)21-4/h9,11-12H,5-8H2,1-4H3. The van der Waals surface area contributed by atoms with Crippen LogP contribution in [0, 0.1) is 12.8 Å². The maximum Gasteiger partial charge on any atom is 0.163 e. The molecule has 0 saturated heterocycles. The Hall–Kier alpha value is -1.69. The number of hydrogen-bond donors (Lipinski definition) is 0. The Bertz CT molecular complexity index is 636. The molecule has 0 aliphatic heterocycles. The highest BCUT2D eigenvalue weighted by Crippen LogP contribution is 2.31. The fraction of sp³-hybridized carbons (Fsp3) is 0.667. The van der Waals surface area contributed by atoms with Gasteiger partial charge in [-0.05, 0) is 19.8 Å². The van der Waals surface area contributed by atoms with Crippen molar-refractivity contribution in [2.24, 2.45) is 5.92 Å². The Balaban J connectivity index is 1.98. The third-order valence-electron chi connectivity index (χ3n) is 4.41. The first kappa shape index (κ1) is 14.3. The van der Waals surface area contributed by atoms with Crippen LogP contribution in [0.15, 0.2) is 6.33 Å².